The Bertz CT molecular complexity index is 965. The summed E-state index contributed by atoms with van der Waals surface area (Å²) >= 11 is 0. The molecule has 1 saturated carbocycles. The fourth-order valence-corrected chi connectivity index (χ4v) is 4.84. The standard InChI is InChI=1S/C26H32FN3/c1-4-19(20-8-6-5-7-9-20)10-11-22(24-15-30-16-25(29)26(24)27)23-13-21(14-28)17(2)12-18(23)3/h11-13,15-16,19-20H,4-10,29H2,1-3H3/b22-11+. The average Bonchev–Trinajstić information content (AvgIpc) is 2.75. The van der Waals surface area contributed by atoms with E-state index in [9.17, 15) is 5.26 Å². The van der Waals surface area contributed by atoms with E-state index in [1.807, 2.05) is 26.0 Å². The van der Waals surface area contributed by atoms with E-state index in [4.69, 9.17) is 5.73 Å². The number of nitrogen functional groups attached to an aromatic ring is 1. The maximum Gasteiger partial charge on any atom is 0.157 e. The van der Waals surface area contributed by atoms with Gasteiger partial charge < -0.3 is 5.73 Å². The lowest BCUT2D eigenvalue weighted by molar-refractivity contribution is 0.243. The summed E-state index contributed by atoms with van der Waals surface area (Å²) in [6.07, 6.45) is 13.6. The van der Waals surface area contributed by atoms with Crippen molar-refractivity contribution < 1.29 is 4.39 Å². The van der Waals surface area contributed by atoms with E-state index in [0.717, 1.165) is 41.0 Å². The summed E-state index contributed by atoms with van der Waals surface area (Å²) in [6.45, 7) is 6.19. The normalized spacial score (nSPS) is 16.3. The Morgan fingerprint density at radius 1 is 1.20 bits per heavy atom. The molecular formula is C26H32FN3. The molecule has 0 bridgehead atoms. The predicted molar refractivity (Wildman–Crippen MR) is 121 cm³/mol. The summed E-state index contributed by atoms with van der Waals surface area (Å²) in [5.74, 6) is 0.873. The molecule has 3 rings (SSSR count). The fraction of sp³-hybridized carbons (Fsp3) is 0.462. The van der Waals surface area contributed by atoms with E-state index >= 15 is 4.39 Å². The van der Waals surface area contributed by atoms with Crippen LogP contribution in [0.1, 0.15) is 79.7 Å². The minimum absolute atomic E-state index is 0.0444. The quantitative estimate of drug-likeness (QED) is 0.580. The molecule has 3 nitrogen and oxygen atoms in total. The highest BCUT2D eigenvalue weighted by Crippen LogP contribution is 2.36. The number of benzene rings is 1. The second kappa shape index (κ2) is 9.89. The first-order valence-electron chi connectivity index (χ1n) is 11.1. The Morgan fingerprint density at radius 3 is 2.60 bits per heavy atom. The molecule has 1 heterocycles. The van der Waals surface area contributed by atoms with Crippen LogP contribution in [0.25, 0.3) is 5.57 Å². The minimum Gasteiger partial charge on any atom is -0.395 e. The van der Waals surface area contributed by atoms with Gasteiger partial charge in [-0.2, -0.15) is 5.26 Å². The van der Waals surface area contributed by atoms with Crippen LogP contribution < -0.4 is 5.73 Å². The number of aromatic nitrogens is 1. The number of aryl methyl sites for hydroxylation is 2. The molecule has 30 heavy (non-hydrogen) atoms. The van der Waals surface area contributed by atoms with Gasteiger partial charge in [-0.05, 0) is 60.4 Å². The van der Waals surface area contributed by atoms with E-state index in [2.05, 4.69) is 24.1 Å². The number of halogens is 1. The molecule has 1 aliphatic rings. The molecule has 1 aromatic carbocycles. The van der Waals surface area contributed by atoms with Crippen LogP contribution in [0.4, 0.5) is 10.1 Å². The molecule has 1 aliphatic carbocycles. The molecule has 1 atom stereocenters. The van der Waals surface area contributed by atoms with E-state index in [1.54, 1.807) is 6.20 Å². The van der Waals surface area contributed by atoms with Crippen molar-refractivity contribution in [3.05, 3.63) is 64.2 Å². The summed E-state index contributed by atoms with van der Waals surface area (Å²) in [6, 6.07) is 6.14. The van der Waals surface area contributed by atoms with Gasteiger partial charge in [0.05, 0.1) is 23.5 Å². The van der Waals surface area contributed by atoms with E-state index < -0.39 is 5.82 Å². The molecule has 0 saturated heterocycles. The third-order valence-electron chi connectivity index (χ3n) is 6.64. The van der Waals surface area contributed by atoms with Crippen molar-refractivity contribution in [2.24, 2.45) is 11.8 Å². The summed E-state index contributed by atoms with van der Waals surface area (Å²) in [7, 11) is 0. The van der Waals surface area contributed by atoms with Crippen LogP contribution in [0.5, 0.6) is 0 Å². The highest BCUT2D eigenvalue weighted by molar-refractivity contribution is 5.83. The van der Waals surface area contributed by atoms with Gasteiger partial charge in [0.25, 0.3) is 0 Å². The first-order chi connectivity index (χ1) is 14.5. The molecule has 0 aliphatic heterocycles. The second-order valence-corrected chi connectivity index (χ2v) is 8.60. The number of hydrogen-bond acceptors (Lipinski definition) is 3. The van der Waals surface area contributed by atoms with Gasteiger partial charge in [0.1, 0.15) is 0 Å². The molecule has 2 aromatic rings. The van der Waals surface area contributed by atoms with Crippen LogP contribution in [0.15, 0.2) is 30.6 Å². The highest BCUT2D eigenvalue weighted by atomic mass is 19.1. The number of nitrogens with zero attached hydrogens (tertiary/aromatic N) is 2. The lowest BCUT2D eigenvalue weighted by atomic mass is 9.77. The van der Waals surface area contributed by atoms with Gasteiger partial charge in [0.15, 0.2) is 5.82 Å². The Kier molecular flexibility index (Phi) is 7.26. The molecule has 4 heteroatoms. The summed E-state index contributed by atoms with van der Waals surface area (Å²) < 4.78 is 15.0. The van der Waals surface area contributed by atoms with E-state index in [1.165, 1.54) is 38.3 Å². The van der Waals surface area contributed by atoms with Crippen molar-refractivity contribution in [2.45, 2.75) is 65.7 Å². The third-order valence-corrected chi connectivity index (χ3v) is 6.64. The Morgan fingerprint density at radius 2 is 1.93 bits per heavy atom. The molecule has 158 valence electrons. The first kappa shape index (κ1) is 22.0. The summed E-state index contributed by atoms with van der Waals surface area (Å²) in [5.41, 5.74) is 10.5. The van der Waals surface area contributed by atoms with Gasteiger partial charge in [-0.15, -0.1) is 0 Å². The van der Waals surface area contributed by atoms with Crippen molar-refractivity contribution in [3.63, 3.8) is 0 Å². The highest BCUT2D eigenvalue weighted by Gasteiger charge is 2.23. The second-order valence-electron chi connectivity index (χ2n) is 8.60. The maximum atomic E-state index is 15.0. The molecule has 1 unspecified atom stereocenters. The molecule has 0 radical (unpaired) electrons. The van der Waals surface area contributed by atoms with E-state index in [0.29, 0.717) is 17.0 Å². The minimum atomic E-state index is -0.444. The molecule has 1 fully saturated rings. The zero-order valence-electron chi connectivity index (χ0n) is 18.3. The van der Waals surface area contributed by atoms with E-state index in [-0.39, 0.29) is 5.69 Å². The van der Waals surface area contributed by atoms with Crippen molar-refractivity contribution >= 4 is 11.3 Å². The van der Waals surface area contributed by atoms with Gasteiger partial charge in [0.2, 0.25) is 0 Å². The van der Waals surface area contributed by atoms with Crippen LogP contribution in [0, 0.1) is 42.8 Å². The lowest BCUT2D eigenvalue weighted by Gasteiger charge is -2.29. The monoisotopic (exact) mass is 405 g/mol. The van der Waals surface area contributed by atoms with Crippen LogP contribution in [0.3, 0.4) is 0 Å². The SMILES string of the molecule is CCC(C/C=C(\c1cc(C#N)c(C)cc1C)c1cncc(N)c1F)C1CCCCC1. The van der Waals surface area contributed by atoms with Crippen LogP contribution in [0.2, 0.25) is 0 Å². The number of rotatable bonds is 6. The maximum absolute atomic E-state index is 15.0. The van der Waals surface area contributed by atoms with Crippen molar-refractivity contribution in [2.75, 3.05) is 5.73 Å². The van der Waals surface area contributed by atoms with Gasteiger partial charge in [-0.3, -0.25) is 4.98 Å². The topological polar surface area (TPSA) is 62.7 Å². The Balaban J connectivity index is 2.07. The molecule has 0 amide bonds. The largest absolute Gasteiger partial charge is 0.395 e. The average molecular weight is 406 g/mol. The van der Waals surface area contributed by atoms with Crippen molar-refractivity contribution in [3.8, 4) is 6.07 Å². The summed E-state index contributed by atoms with van der Waals surface area (Å²) in [4.78, 5) is 4.15. The number of anilines is 1. The van der Waals surface area contributed by atoms with Crippen LogP contribution in [-0.4, -0.2) is 4.98 Å². The number of nitrogens with two attached hydrogens (primary N) is 1. The zero-order valence-corrected chi connectivity index (χ0v) is 18.3. The lowest BCUT2D eigenvalue weighted by Crippen LogP contribution is -2.17. The first-order valence-corrected chi connectivity index (χ1v) is 11.1. The van der Waals surface area contributed by atoms with Crippen molar-refractivity contribution in [1.29, 1.82) is 5.26 Å². The van der Waals surface area contributed by atoms with Crippen LogP contribution >= 0.6 is 0 Å². The number of pyridine rings is 1. The van der Waals surface area contributed by atoms with Crippen LogP contribution in [-0.2, 0) is 0 Å². The van der Waals surface area contributed by atoms with Gasteiger partial charge >= 0.3 is 0 Å². The zero-order chi connectivity index (χ0) is 21.7. The number of hydrogen-bond donors (Lipinski definition) is 1. The smallest absolute Gasteiger partial charge is 0.157 e. The molecule has 1 aromatic heterocycles. The molecule has 0 spiro atoms. The van der Waals surface area contributed by atoms with Gasteiger partial charge in [-0.25, -0.2) is 4.39 Å². The van der Waals surface area contributed by atoms with Crippen molar-refractivity contribution in [1.82, 2.24) is 4.98 Å². The number of nitriles is 1. The Hall–Kier alpha value is -2.67. The van der Waals surface area contributed by atoms with Gasteiger partial charge in [0, 0.05) is 11.8 Å². The summed E-state index contributed by atoms with van der Waals surface area (Å²) in [5, 5.41) is 9.54. The molecule has 2 N–H and O–H groups in total. The molecular weight excluding hydrogens is 373 g/mol. The fourth-order valence-electron chi connectivity index (χ4n) is 4.84. The predicted octanol–water partition coefficient (Wildman–Crippen LogP) is 6.72. The van der Waals surface area contributed by atoms with Gasteiger partial charge in [-0.1, -0.05) is 57.6 Å². The Labute approximate surface area is 179 Å². The third kappa shape index (κ3) is 4.73. The number of allylic oxidation sites excluding steroid dienone is 1.